The van der Waals surface area contributed by atoms with Crippen LogP contribution in [0.15, 0.2) is 36.8 Å². The molecular weight excluding hydrogens is 300 g/mol. The lowest BCUT2D eigenvalue weighted by Crippen LogP contribution is -2.32. The zero-order chi connectivity index (χ0) is 15.4. The molecule has 2 aromatic rings. The van der Waals surface area contributed by atoms with E-state index < -0.39 is 0 Å². The van der Waals surface area contributed by atoms with Crippen LogP contribution in [0.3, 0.4) is 0 Å². The van der Waals surface area contributed by atoms with Gasteiger partial charge in [0.2, 0.25) is 0 Å². The van der Waals surface area contributed by atoms with Crippen LogP contribution in [0, 0.1) is 0 Å². The lowest BCUT2D eigenvalue weighted by atomic mass is 9.99. The molecule has 0 aliphatic heterocycles. The Morgan fingerprint density at radius 1 is 1.27 bits per heavy atom. The maximum atomic E-state index is 11.9. The number of halogens is 1. The van der Waals surface area contributed by atoms with Gasteiger partial charge < -0.3 is 15.6 Å². The molecule has 0 saturated heterocycles. The molecule has 1 aromatic carbocycles. The minimum atomic E-state index is -0.223. The van der Waals surface area contributed by atoms with Gasteiger partial charge in [-0.25, -0.2) is 4.98 Å². The summed E-state index contributed by atoms with van der Waals surface area (Å²) in [6.07, 6.45) is 3.28. The van der Waals surface area contributed by atoms with Crippen LogP contribution in [0.4, 0.5) is 0 Å². The Morgan fingerprint density at radius 3 is 2.36 bits per heavy atom. The molecule has 1 amide bonds. The number of aryl methyl sites for hydroxylation is 1. The third-order valence-electron chi connectivity index (χ3n) is 3.45. The van der Waals surface area contributed by atoms with Gasteiger partial charge in [-0.05, 0) is 17.0 Å². The van der Waals surface area contributed by atoms with E-state index in [1.165, 1.54) is 5.56 Å². The summed E-state index contributed by atoms with van der Waals surface area (Å²) >= 11 is 0. The predicted molar refractivity (Wildman–Crippen MR) is 90.2 cm³/mol. The van der Waals surface area contributed by atoms with Crippen molar-refractivity contribution in [3.63, 3.8) is 0 Å². The van der Waals surface area contributed by atoms with Gasteiger partial charge in [-0.2, -0.15) is 0 Å². The maximum absolute atomic E-state index is 11.9. The molecule has 0 bridgehead atoms. The van der Waals surface area contributed by atoms with Crippen molar-refractivity contribution in [2.45, 2.75) is 25.8 Å². The Kier molecular flexibility index (Phi) is 6.59. The summed E-state index contributed by atoms with van der Waals surface area (Å²) in [6, 6.07) is 7.99. The van der Waals surface area contributed by atoms with Crippen molar-refractivity contribution in [3.8, 4) is 0 Å². The van der Waals surface area contributed by atoms with Crippen LogP contribution < -0.4 is 11.1 Å². The van der Waals surface area contributed by atoms with E-state index in [0.29, 0.717) is 18.2 Å². The minimum absolute atomic E-state index is 0. The number of aromatic nitrogens is 2. The Hall–Kier alpha value is -1.85. The summed E-state index contributed by atoms with van der Waals surface area (Å²) in [4.78, 5) is 15.9. The van der Waals surface area contributed by atoms with Gasteiger partial charge in [0.05, 0.1) is 6.33 Å². The van der Waals surface area contributed by atoms with E-state index in [0.717, 1.165) is 5.56 Å². The quantitative estimate of drug-likeness (QED) is 0.887. The summed E-state index contributed by atoms with van der Waals surface area (Å²) in [5, 5.41) is 2.81. The highest BCUT2D eigenvalue weighted by Gasteiger charge is 2.12. The number of benzene rings is 1. The fourth-order valence-corrected chi connectivity index (χ4v) is 2.07. The first kappa shape index (κ1) is 18.2. The molecule has 22 heavy (non-hydrogen) atoms. The SMILES string of the molecule is CC(C)c1ccc(C(N)CNC(=O)c2cn(C)cn2)cc1.Cl. The number of carbonyl (C=O) groups is 1. The Balaban J connectivity index is 0.00000242. The Morgan fingerprint density at radius 2 is 1.86 bits per heavy atom. The number of carbonyl (C=O) groups excluding carboxylic acids is 1. The van der Waals surface area contributed by atoms with Crippen molar-refractivity contribution >= 4 is 18.3 Å². The number of nitrogens with zero attached hydrogens (tertiary/aromatic N) is 2. The van der Waals surface area contributed by atoms with E-state index in [-0.39, 0.29) is 24.4 Å². The summed E-state index contributed by atoms with van der Waals surface area (Å²) < 4.78 is 1.74. The Labute approximate surface area is 137 Å². The van der Waals surface area contributed by atoms with Crippen LogP contribution in [0.25, 0.3) is 0 Å². The fraction of sp³-hybridized carbons (Fsp3) is 0.375. The highest BCUT2D eigenvalue weighted by atomic mass is 35.5. The molecule has 1 unspecified atom stereocenters. The molecule has 1 atom stereocenters. The van der Waals surface area contributed by atoms with Crippen molar-refractivity contribution < 1.29 is 4.79 Å². The second kappa shape index (κ2) is 7.96. The maximum Gasteiger partial charge on any atom is 0.271 e. The number of nitrogens with two attached hydrogens (primary N) is 1. The lowest BCUT2D eigenvalue weighted by Gasteiger charge is -2.14. The molecule has 1 heterocycles. The molecule has 3 N–H and O–H groups in total. The number of rotatable bonds is 5. The fourth-order valence-electron chi connectivity index (χ4n) is 2.07. The van der Waals surface area contributed by atoms with Gasteiger partial charge in [0, 0.05) is 25.8 Å². The van der Waals surface area contributed by atoms with Gasteiger partial charge >= 0.3 is 0 Å². The summed E-state index contributed by atoms with van der Waals surface area (Å²) in [5.74, 6) is 0.295. The molecule has 1 aromatic heterocycles. The van der Waals surface area contributed by atoms with E-state index in [1.807, 2.05) is 19.2 Å². The second-order valence-electron chi connectivity index (χ2n) is 5.56. The van der Waals surface area contributed by atoms with Gasteiger partial charge in [-0.3, -0.25) is 4.79 Å². The average molecular weight is 323 g/mol. The second-order valence-corrected chi connectivity index (χ2v) is 5.56. The van der Waals surface area contributed by atoms with E-state index >= 15 is 0 Å². The standard InChI is InChI=1S/C16H22N4O.ClH/c1-11(2)12-4-6-13(7-5-12)14(17)8-18-16(21)15-9-20(3)10-19-15;/h4-7,9-11,14H,8,17H2,1-3H3,(H,18,21);1H. The molecule has 0 aliphatic carbocycles. The monoisotopic (exact) mass is 322 g/mol. The van der Waals surface area contributed by atoms with Crippen LogP contribution in [-0.2, 0) is 7.05 Å². The van der Waals surface area contributed by atoms with Crippen LogP contribution in [0.2, 0.25) is 0 Å². The molecule has 0 aliphatic rings. The molecule has 6 heteroatoms. The van der Waals surface area contributed by atoms with Gasteiger partial charge in [-0.15, -0.1) is 12.4 Å². The molecule has 2 rings (SSSR count). The zero-order valence-electron chi connectivity index (χ0n) is 13.1. The molecule has 0 fully saturated rings. The van der Waals surface area contributed by atoms with Crippen molar-refractivity contribution in [2.24, 2.45) is 12.8 Å². The van der Waals surface area contributed by atoms with E-state index in [2.05, 4.69) is 36.3 Å². The minimum Gasteiger partial charge on any atom is -0.349 e. The van der Waals surface area contributed by atoms with Crippen molar-refractivity contribution in [2.75, 3.05) is 6.54 Å². The lowest BCUT2D eigenvalue weighted by molar-refractivity contribution is 0.0946. The molecule has 0 saturated carbocycles. The van der Waals surface area contributed by atoms with E-state index in [4.69, 9.17) is 5.73 Å². The van der Waals surface area contributed by atoms with E-state index in [9.17, 15) is 4.79 Å². The number of hydrogen-bond donors (Lipinski definition) is 2. The van der Waals surface area contributed by atoms with Crippen LogP contribution in [0.1, 0.15) is 47.4 Å². The first-order chi connectivity index (χ1) is 9.97. The Bertz CT molecular complexity index is 607. The average Bonchev–Trinajstić information content (AvgIpc) is 2.91. The largest absolute Gasteiger partial charge is 0.349 e. The predicted octanol–water partition coefficient (Wildman–Crippen LogP) is 2.40. The molecular formula is C16H23ClN4O. The van der Waals surface area contributed by atoms with E-state index in [1.54, 1.807) is 17.1 Å². The summed E-state index contributed by atoms with van der Waals surface area (Å²) in [6.45, 7) is 4.69. The highest BCUT2D eigenvalue weighted by Crippen LogP contribution is 2.17. The highest BCUT2D eigenvalue weighted by molar-refractivity contribution is 5.92. The number of hydrogen-bond acceptors (Lipinski definition) is 3. The topological polar surface area (TPSA) is 72.9 Å². The molecule has 0 spiro atoms. The van der Waals surface area contributed by atoms with Gasteiger partial charge in [0.1, 0.15) is 5.69 Å². The number of nitrogens with one attached hydrogen (secondary N) is 1. The van der Waals surface area contributed by atoms with Gasteiger partial charge in [0.25, 0.3) is 5.91 Å². The summed E-state index contributed by atoms with van der Waals surface area (Å²) in [5.41, 5.74) is 8.81. The van der Waals surface area contributed by atoms with Crippen LogP contribution in [0.5, 0.6) is 0 Å². The third-order valence-corrected chi connectivity index (χ3v) is 3.45. The van der Waals surface area contributed by atoms with Crippen molar-refractivity contribution in [1.29, 1.82) is 0 Å². The third kappa shape index (κ3) is 4.58. The first-order valence-corrected chi connectivity index (χ1v) is 7.09. The number of amides is 1. The van der Waals surface area contributed by atoms with Crippen LogP contribution >= 0.6 is 12.4 Å². The van der Waals surface area contributed by atoms with Crippen molar-refractivity contribution in [1.82, 2.24) is 14.9 Å². The van der Waals surface area contributed by atoms with Crippen molar-refractivity contribution in [3.05, 3.63) is 53.6 Å². The van der Waals surface area contributed by atoms with Gasteiger partial charge in [-0.1, -0.05) is 38.1 Å². The summed E-state index contributed by atoms with van der Waals surface area (Å²) in [7, 11) is 1.83. The zero-order valence-corrected chi connectivity index (χ0v) is 13.9. The molecule has 0 radical (unpaired) electrons. The normalized spacial score (nSPS) is 11.9. The number of imidazole rings is 1. The van der Waals surface area contributed by atoms with Gasteiger partial charge in [0.15, 0.2) is 0 Å². The molecule has 120 valence electrons. The smallest absolute Gasteiger partial charge is 0.271 e. The molecule has 5 nitrogen and oxygen atoms in total. The van der Waals surface area contributed by atoms with Crippen LogP contribution in [-0.4, -0.2) is 22.0 Å². The first-order valence-electron chi connectivity index (χ1n) is 7.09.